The molecule has 0 unspecified atom stereocenters. The highest BCUT2D eigenvalue weighted by Gasteiger charge is 2.15. The molecular formula is C12H15ClFNO. The van der Waals surface area contributed by atoms with Crippen LogP contribution in [0.1, 0.15) is 18.4 Å². The van der Waals surface area contributed by atoms with Crippen molar-refractivity contribution < 1.29 is 9.18 Å². The normalized spacial score (nSPS) is 12.4. The van der Waals surface area contributed by atoms with Gasteiger partial charge in [-0.05, 0) is 24.6 Å². The molecule has 1 atom stereocenters. The summed E-state index contributed by atoms with van der Waals surface area (Å²) in [4.78, 5) is 11.5. The Morgan fingerprint density at radius 3 is 2.56 bits per heavy atom. The Morgan fingerprint density at radius 1 is 1.44 bits per heavy atom. The summed E-state index contributed by atoms with van der Waals surface area (Å²) in [6.45, 7) is 1.85. The maximum Gasteiger partial charge on any atom is 0.138 e. The van der Waals surface area contributed by atoms with Gasteiger partial charge in [0.15, 0.2) is 0 Å². The van der Waals surface area contributed by atoms with Gasteiger partial charge in [0.25, 0.3) is 0 Å². The lowest BCUT2D eigenvalue weighted by Gasteiger charge is -2.14. The molecule has 16 heavy (non-hydrogen) atoms. The van der Waals surface area contributed by atoms with Crippen LogP contribution in [0.15, 0.2) is 24.3 Å². The Hall–Kier alpha value is -0.930. The van der Waals surface area contributed by atoms with Crippen LogP contribution < -0.4 is 5.32 Å². The lowest BCUT2D eigenvalue weighted by molar-refractivity contribution is -0.118. The predicted octanol–water partition coefficient (Wildman–Crippen LogP) is 2.57. The molecule has 0 saturated heterocycles. The first-order valence-electron chi connectivity index (χ1n) is 5.17. The van der Waals surface area contributed by atoms with E-state index in [9.17, 15) is 9.18 Å². The molecule has 0 radical (unpaired) electrons. The molecule has 0 fully saturated rings. The van der Waals surface area contributed by atoms with Gasteiger partial charge in [-0.2, -0.15) is 0 Å². The fourth-order valence-electron chi connectivity index (χ4n) is 1.50. The minimum atomic E-state index is -0.425. The quantitative estimate of drug-likeness (QED) is 0.778. The van der Waals surface area contributed by atoms with E-state index in [-0.39, 0.29) is 18.2 Å². The average molecular weight is 244 g/mol. The third-order valence-electron chi connectivity index (χ3n) is 2.38. The molecule has 1 N–H and O–H groups in total. The van der Waals surface area contributed by atoms with Crippen molar-refractivity contribution in [2.45, 2.75) is 12.8 Å². The molecule has 0 aromatic heterocycles. The van der Waals surface area contributed by atoms with Crippen LogP contribution in [0.4, 0.5) is 4.39 Å². The minimum absolute atomic E-state index is 0.0636. The van der Waals surface area contributed by atoms with E-state index in [4.69, 9.17) is 11.6 Å². The summed E-state index contributed by atoms with van der Waals surface area (Å²) in [6, 6.07) is 7.15. The minimum Gasteiger partial charge on any atom is -0.313 e. The number of rotatable bonds is 6. The van der Waals surface area contributed by atoms with E-state index < -0.39 is 6.67 Å². The van der Waals surface area contributed by atoms with Crippen molar-refractivity contribution in [1.29, 1.82) is 0 Å². The Kier molecular flexibility index (Phi) is 5.43. The second-order valence-corrected chi connectivity index (χ2v) is 4.04. The van der Waals surface area contributed by atoms with Gasteiger partial charge in [-0.15, -0.1) is 0 Å². The van der Waals surface area contributed by atoms with Gasteiger partial charge in [-0.1, -0.05) is 23.7 Å². The zero-order chi connectivity index (χ0) is 12.0. The van der Waals surface area contributed by atoms with Crippen LogP contribution in [0.5, 0.6) is 0 Å². The molecule has 0 aliphatic rings. The molecule has 0 spiro atoms. The Bertz CT molecular complexity index is 339. The molecule has 1 rings (SSSR count). The highest BCUT2D eigenvalue weighted by Crippen LogP contribution is 2.18. The van der Waals surface area contributed by atoms with Crippen molar-refractivity contribution in [3.63, 3.8) is 0 Å². The summed E-state index contributed by atoms with van der Waals surface area (Å²) in [5.74, 6) is -0.169. The molecule has 0 saturated carbocycles. The SMILES string of the molecule is CC(=O)[C@H](CNCCF)c1ccc(Cl)cc1. The fourth-order valence-corrected chi connectivity index (χ4v) is 1.63. The summed E-state index contributed by atoms with van der Waals surface area (Å²) in [7, 11) is 0. The Labute approximate surface area is 99.8 Å². The molecule has 4 heteroatoms. The Morgan fingerprint density at radius 2 is 2.06 bits per heavy atom. The standard InChI is InChI=1S/C12H15ClFNO/c1-9(16)12(8-15-7-6-14)10-2-4-11(13)5-3-10/h2-5,12,15H,6-8H2,1H3/t12-/m0/s1. The van der Waals surface area contributed by atoms with Gasteiger partial charge >= 0.3 is 0 Å². The maximum absolute atomic E-state index is 11.9. The van der Waals surface area contributed by atoms with Crippen LogP contribution in [-0.2, 0) is 4.79 Å². The molecule has 2 nitrogen and oxygen atoms in total. The third-order valence-corrected chi connectivity index (χ3v) is 2.63. The third kappa shape index (κ3) is 3.91. The van der Waals surface area contributed by atoms with Gasteiger partial charge in [-0.3, -0.25) is 4.79 Å². The van der Waals surface area contributed by atoms with Crippen molar-refractivity contribution in [1.82, 2.24) is 5.32 Å². The first-order chi connectivity index (χ1) is 7.65. The zero-order valence-corrected chi connectivity index (χ0v) is 9.93. The number of alkyl halides is 1. The second kappa shape index (κ2) is 6.61. The molecule has 88 valence electrons. The van der Waals surface area contributed by atoms with Crippen molar-refractivity contribution in [2.24, 2.45) is 0 Å². The predicted molar refractivity (Wildman–Crippen MR) is 63.7 cm³/mol. The van der Waals surface area contributed by atoms with E-state index in [1.165, 1.54) is 6.92 Å². The van der Waals surface area contributed by atoms with E-state index in [1.807, 2.05) is 12.1 Å². The highest BCUT2D eigenvalue weighted by molar-refractivity contribution is 6.30. The highest BCUT2D eigenvalue weighted by atomic mass is 35.5. The topological polar surface area (TPSA) is 29.1 Å². The van der Waals surface area contributed by atoms with E-state index >= 15 is 0 Å². The number of Topliss-reactive ketones (excluding diaryl/α,β-unsaturated/α-hetero) is 1. The number of carbonyl (C=O) groups is 1. The van der Waals surface area contributed by atoms with Gasteiger partial charge in [-0.25, -0.2) is 4.39 Å². The lowest BCUT2D eigenvalue weighted by atomic mass is 9.95. The number of benzene rings is 1. The van der Waals surface area contributed by atoms with Crippen molar-refractivity contribution in [2.75, 3.05) is 19.8 Å². The number of hydrogen-bond acceptors (Lipinski definition) is 2. The monoisotopic (exact) mass is 243 g/mol. The number of ketones is 1. The molecule has 0 heterocycles. The Balaban J connectivity index is 2.69. The van der Waals surface area contributed by atoms with E-state index in [1.54, 1.807) is 12.1 Å². The van der Waals surface area contributed by atoms with E-state index in [0.717, 1.165) is 5.56 Å². The van der Waals surface area contributed by atoms with Gasteiger partial charge in [0.1, 0.15) is 12.5 Å². The molecule has 1 aromatic carbocycles. The number of nitrogens with one attached hydrogen (secondary N) is 1. The summed E-state index contributed by atoms with van der Waals surface area (Å²) in [6.07, 6.45) is 0. The summed E-state index contributed by atoms with van der Waals surface area (Å²) in [5, 5.41) is 3.54. The van der Waals surface area contributed by atoms with Crippen LogP contribution >= 0.6 is 11.6 Å². The fraction of sp³-hybridized carbons (Fsp3) is 0.417. The van der Waals surface area contributed by atoms with Crippen molar-refractivity contribution in [3.05, 3.63) is 34.9 Å². The molecule has 1 aromatic rings. The molecular weight excluding hydrogens is 229 g/mol. The number of hydrogen-bond donors (Lipinski definition) is 1. The van der Waals surface area contributed by atoms with Crippen LogP contribution in [-0.4, -0.2) is 25.5 Å². The molecule has 0 bridgehead atoms. The van der Waals surface area contributed by atoms with Crippen LogP contribution in [0, 0.1) is 0 Å². The molecule has 0 amide bonds. The first kappa shape index (κ1) is 13.1. The molecule has 0 aliphatic heterocycles. The first-order valence-corrected chi connectivity index (χ1v) is 5.55. The molecule has 0 aliphatic carbocycles. The van der Waals surface area contributed by atoms with Gasteiger partial charge in [0.05, 0.1) is 5.92 Å². The van der Waals surface area contributed by atoms with Gasteiger partial charge < -0.3 is 5.32 Å². The van der Waals surface area contributed by atoms with E-state index in [0.29, 0.717) is 11.6 Å². The maximum atomic E-state index is 11.9. The van der Waals surface area contributed by atoms with Crippen LogP contribution in [0.3, 0.4) is 0 Å². The second-order valence-electron chi connectivity index (χ2n) is 3.61. The van der Waals surface area contributed by atoms with E-state index in [2.05, 4.69) is 5.32 Å². The number of halogens is 2. The van der Waals surface area contributed by atoms with Crippen molar-refractivity contribution in [3.8, 4) is 0 Å². The van der Waals surface area contributed by atoms with Gasteiger partial charge in [0.2, 0.25) is 0 Å². The smallest absolute Gasteiger partial charge is 0.138 e. The van der Waals surface area contributed by atoms with Crippen molar-refractivity contribution >= 4 is 17.4 Å². The van der Waals surface area contributed by atoms with Crippen LogP contribution in [0.2, 0.25) is 5.02 Å². The summed E-state index contributed by atoms with van der Waals surface area (Å²) in [5.41, 5.74) is 0.906. The number of carbonyl (C=O) groups excluding carboxylic acids is 1. The summed E-state index contributed by atoms with van der Waals surface area (Å²) < 4.78 is 11.9. The lowest BCUT2D eigenvalue weighted by Crippen LogP contribution is -2.27. The average Bonchev–Trinajstić information content (AvgIpc) is 2.26. The van der Waals surface area contributed by atoms with Gasteiger partial charge in [0, 0.05) is 18.1 Å². The largest absolute Gasteiger partial charge is 0.313 e. The summed E-state index contributed by atoms with van der Waals surface area (Å²) >= 11 is 5.77. The zero-order valence-electron chi connectivity index (χ0n) is 9.17. The van der Waals surface area contributed by atoms with Crippen LogP contribution in [0.25, 0.3) is 0 Å².